The summed E-state index contributed by atoms with van der Waals surface area (Å²) in [6.07, 6.45) is 1.40. The van der Waals surface area contributed by atoms with Crippen molar-refractivity contribution < 1.29 is 18.7 Å². The molecule has 0 spiro atoms. The molecule has 5 rings (SSSR count). The number of nitrogens with one attached hydrogen (secondary N) is 2. The monoisotopic (exact) mass is 472 g/mol. The summed E-state index contributed by atoms with van der Waals surface area (Å²) in [7, 11) is 1.33. The molecule has 0 radical (unpaired) electrons. The summed E-state index contributed by atoms with van der Waals surface area (Å²) < 4.78 is 10.6. The number of esters is 1. The fourth-order valence-electron chi connectivity index (χ4n) is 3.53. The van der Waals surface area contributed by atoms with Gasteiger partial charge in [0.25, 0.3) is 5.91 Å². The first-order chi connectivity index (χ1) is 16.5. The second-order valence-corrected chi connectivity index (χ2v) is 7.81. The Labute approximate surface area is 198 Å². The summed E-state index contributed by atoms with van der Waals surface area (Å²) in [6.45, 7) is 0. The smallest absolute Gasteiger partial charge is 0.337 e. The van der Waals surface area contributed by atoms with E-state index in [-0.39, 0.29) is 5.91 Å². The maximum atomic E-state index is 12.4. The Morgan fingerprint density at radius 3 is 2.35 bits per heavy atom. The summed E-state index contributed by atoms with van der Waals surface area (Å²) in [5, 5.41) is 8.00. The number of fused-ring (bicyclic) bond motifs is 3. The molecule has 2 heterocycles. The number of amides is 1. The lowest BCUT2D eigenvalue weighted by atomic mass is 10.1. The predicted octanol–water partition coefficient (Wildman–Crippen LogP) is 5.81. The molecule has 2 aromatic heterocycles. The lowest BCUT2D eigenvalue weighted by Gasteiger charge is -2.09. The van der Waals surface area contributed by atoms with Crippen molar-refractivity contribution in [1.82, 2.24) is 9.97 Å². The Hall–Kier alpha value is -4.43. The molecule has 5 aromatic rings. The van der Waals surface area contributed by atoms with Crippen LogP contribution < -0.4 is 10.6 Å². The molecule has 0 aliphatic rings. The number of aromatic nitrogens is 2. The summed E-state index contributed by atoms with van der Waals surface area (Å²) in [5.41, 5.74) is 3.24. The van der Waals surface area contributed by atoms with E-state index < -0.39 is 5.97 Å². The van der Waals surface area contributed by atoms with Gasteiger partial charge in [0.1, 0.15) is 17.7 Å². The Morgan fingerprint density at radius 1 is 0.912 bits per heavy atom. The van der Waals surface area contributed by atoms with E-state index in [0.29, 0.717) is 49.7 Å². The van der Waals surface area contributed by atoms with Crippen molar-refractivity contribution in [2.24, 2.45) is 0 Å². The van der Waals surface area contributed by atoms with Gasteiger partial charge in [0.2, 0.25) is 5.71 Å². The fourth-order valence-corrected chi connectivity index (χ4v) is 3.65. The van der Waals surface area contributed by atoms with E-state index in [4.69, 9.17) is 20.8 Å². The van der Waals surface area contributed by atoms with Crippen molar-refractivity contribution >= 4 is 62.7 Å². The number of methoxy groups -OCH3 is 1. The van der Waals surface area contributed by atoms with E-state index in [1.807, 2.05) is 12.1 Å². The first kappa shape index (κ1) is 21.4. The topological polar surface area (TPSA) is 106 Å². The number of anilines is 3. The quantitative estimate of drug-likeness (QED) is 0.311. The van der Waals surface area contributed by atoms with Gasteiger partial charge in [0.05, 0.1) is 18.1 Å². The third kappa shape index (κ3) is 4.14. The van der Waals surface area contributed by atoms with Crippen molar-refractivity contribution in [2.75, 3.05) is 17.7 Å². The van der Waals surface area contributed by atoms with Crippen LogP contribution in [0.3, 0.4) is 0 Å². The molecule has 2 N–H and O–H groups in total. The average molecular weight is 473 g/mol. The number of furan rings is 1. The Balaban J connectivity index is 1.41. The van der Waals surface area contributed by atoms with Gasteiger partial charge >= 0.3 is 5.97 Å². The molecule has 168 valence electrons. The van der Waals surface area contributed by atoms with Crippen LogP contribution in [0.4, 0.5) is 17.2 Å². The van der Waals surface area contributed by atoms with Crippen LogP contribution in [0.15, 0.2) is 77.5 Å². The van der Waals surface area contributed by atoms with Gasteiger partial charge in [-0.2, -0.15) is 0 Å². The maximum absolute atomic E-state index is 12.4. The molecule has 0 aliphatic heterocycles. The number of rotatable bonds is 5. The SMILES string of the molecule is COC(=O)c1ccc2oc3ncnc(Nc4ccc(NC(=O)c5ccc(Cl)cc5)cc4)c3c2c1. The highest BCUT2D eigenvalue weighted by atomic mass is 35.5. The molecule has 0 atom stereocenters. The molecule has 0 aliphatic carbocycles. The number of benzene rings is 3. The fraction of sp³-hybridized carbons (Fsp3) is 0.0400. The largest absolute Gasteiger partial charge is 0.465 e. The number of nitrogens with zero attached hydrogens (tertiary/aromatic N) is 2. The predicted molar refractivity (Wildman–Crippen MR) is 130 cm³/mol. The molecule has 34 heavy (non-hydrogen) atoms. The van der Waals surface area contributed by atoms with Crippen LogP contribution in [0.5, 0.6) is 0 Å². The van der Waals surface area contributed by atoms with Crippen molar-refractivity contribution in [1.29, 1.82) is 0 Å². The number of hydrogen-bond acceptors (Lipinski definition) is 7. The molecule has 0 saturated carbocycles. The van der Waals surface area contributed by atoms with Gasteiger partial charge in [0, 0.05) is 27.3 Å². The molecule has 0 fully saturated rings. The minimum Gasteiger partial charge on any atom is -0.465 e. The maximum Gasteiger partial charge on any atom is 0.337 e. The highest BCUT2D eigenvalue weighted by Gasteiger charge is 2.16. The first-order valence-electron chi connectivity index (χ1n) is 10.2. The third-order valence-electron chi connectivity index (χ3n) is 5.20. The van der Waals surface area contributed by atoms with Gasteiger partial charge in [-0.15, -0.1) is 0 Å². The zero-order chi connectivity index (χ0) is 23.7. The van der Waals surface area contributed by atoms with Crippen LogP contribution in [-0.2, 0) is 4.74 Å². The number of carbonyl (C=O) groups is 2. The Kier molecular flexibility index (Phi) is 5.57. The van der Waals surface area contributed by atoms with Crippen LogP contribution in [0, 0.1) is 0 Å². The van der Waals surface area contributed by atoms with E-state index in [2.05, 4.69) is 20.6 Å². The second kappa shape index (κ2) is 8.84. The molecular formula is C25H17ClN4O4. The minimum absolute atomic E-state index is 0.235. The Morgan fingerprint density at radius 2 is 1.62 bits per heavy atom. The number of ether oxygens (including phenoxy) is 1. The normalized spacial score (nSPS) is 10.9. The summed E-state index contributed by atoms with van der Waals surface area (Å²) in [6, 6.07) is 18.9. The number of carbonyl (C=O) groups excluding carboxylic acids is 2. The highest BCUT2D eigenvalue weighted by Crippen LogP contribution is 2.33. The highest BCUT2D eigenvalue weighted by molar-refractivity contribution is 6.30. The van der Waals surface area contributed by atoms with E-state index in [1.165, 1.54) is 13.4 Å². The molecule has 0 unspecified atom stereocenters. The lowest BCUT2D eigenvalue weighted by Crippen LogP contribution is -2.11. The Bertz CT molecular complexity index is 1530. The molecule has 0 bridgehead atoms. The van der Waals surface area contributed by atoms with Crippen LogP contribution in [-0.4, -0.2) is 29.0 Å². The summed E-state index contributed by atoms with van der Waals surface area (Å²) >= 11 is 5.88. The van der Waals surface area contributed by atoms with Crippen LogP contribution in [0.1, 0.15) is 20.7 Å². The molecular weight excluding hydrogens is 456 g/mol. The van der Waals surface area contributed by atoms with E-state index in [1.54, 1.807) is 54.6 Å². The van der Waals surface area contributed by atoms with Crippen LogP contribution >= 0.6 is 11.6 Å². The molecule has 3 aromatic carbocycles. The molecule has 1 amide bonds. The molecule has 8 nitrogen and oxygen atoms in total. The summed E-state index contributed by atoms with van der Waals surface area (Å²) in [4.78, 5) is 32.9. The van der Waals surface area contributed by atoms with Crippen LogP contribution in [0.25, 0.3) is 22.1 Å². The zero-order valence-electron chi connectivity index (χ0n) is 17.8. The zero-order valence-corrected chi connectivity index (χ0v) is 18.6. The first-order valence-corrected chi connectivity index (χ1v) is 10.6. The van der Waals surface area contributed by atoms with Gasteiger partial charge < -0.3 is 19.8 Å². The van der Waals surface area contributed by atoms with E-state index in [0.717, 1.165) is 5.69 Å². The number of halogens is 1. The lowest BCUT2D eigenvalue weighted by molar-refractivity contribution is 0.0601. The molecule has 0 saturated heterocycles. The van der Waals surface area contributed by atoms with Crippen molar-refractivity contribution in [3.8, 4) is 0 Å². The van der Waals surface area contributed by atoms with Gasteiger partial charge in [-0.25, -0.2) is 14.8 Å². The van der Waals surface area contributed by atoms with Gasteiger partial charge in [0.15, 0.2) is 0 Å². The van der Waals surface area contributed by atoms with E-state index in [9.17, 15) is 9.59 Å². The van der Waals surface area contributed by atoms with Gasteiger partial charge in [-0.1, -0.05) is 11.6 Å². The van der Waals surface area contributed by atoms with Crippen LogP contribution in [0.2, 0.25) is 5.02 Å². The van der Waals surface area contributed by atoms with Gasteiger partial charge in [-0.05, 0) is 66.7 Å². The molecule has 9 heteroatoms. The summed E-state index contributed by atoms with van der Waals surface area (Å²) in [5.74, 6) is -0.163. The average Bonchev–Trinajstić information content (AvgIpc) is 3.24. The third-order valence-corrected chi connectivity index (χ3v) is 5.45. The van der Waals surface area contributed by atoms with E-state index >= 15 is 0 Å². The standard InChI is InChI=1S/C25H17ClN4O4/c1-33-25(32)15-4-11-20-19(12-15)21-22(27-13-28-24(21)34-20)29-17-7-9-18(10-8-17)30-23(31)14-2-5-16(26)6-3-14/h2-13H,1H3,(H,30,31)(H,27,28,29). The second-order valence-electron chi connectivity index (χ2n) is 7.37. The van der Waals surface area contributed by atoms with Crippen molar-refractivity contribution in [3.05, 3.63) is 89.2 Å². The van der Waals surface area contributed by atoms with Crippen molar-refractivity contribution in [2.45, 2.75) is 0 Å². The van der Waals surface area contributed by atoms with Gasteiger partial charge in [-0.3, -0.25) is 4.79 Å². The minimum atomic E-state index is -0.446. The number of hydrogen-bond donors (Lipinski definition) is 2. The van der Waals surface area contributed by atoms with Crippen molar-refractivity contribution in [3.63, 3.8) is 0 Å².